The summed E-state index contributed by atoms with van der Waals surface area (Å²) >= 11 is 1.64. The van der Waals surface area contributed by atoms with Gasteiger partial charge >= 0.3 is 0 Å². The van der Waals surface area contributed by atoms with E-state index in [-0.39, 0.29) is 23.0 Å². The van der Waals surface area contributed by atoms with Crippen molar-refractivity contribution in [3.8, 4) is 0 Å². The van der Waals surface area contributed by atoms with Crippen LogP contribution < -0.4 is 10.7 Å². The van der Waals surface area contributed by atoms with Crippen LogP contribution in [0.3, 0.4) is 0 Å². The first-order chi connectivity index (χ1) is 12.5. The van der Waals surface area contributed by atoms with E-state index in [1.54, 1.807) is 30.0 Å². The molecule has 0 aliphatic carbocycles. The molecule has 0 saturated carbocycles. The van der Waals surface area contributed by atoms with Gasteiger partial charge < -0.3 is 9.73 Å². The smallest absolute Gasteiger partial charge is 0.287 e. The maximum absolute atomic E-state index is 13.6. The first-order valence-electron chi connectivity index (χ1n) is 8.29. The number of aryl methyl sites for hydroxylation is 1. The Kier molecular flexibility index (Phi) is 4.28. The molecule has 6 heteroatoms. The van der Waals surface area contributed by atoms with Crippen LogP contribution in [0, 0.1) is 12.7 Å². The minimum Gasteiger partial charge on any atom is -0.451 e. The Hall–Kier alpha value is -2.60. The SMILES string of the molecule is Cc1ccc2oc(C(=O)N[C@@H]3CCSc4ccc(F)cc43)cc(=O)c2c1. The molecule has 2 heterocycles. The Labute approximate surface area is 153 Å². The lowest BCUT2D eigenvalue weighted by atomic mass is 10.0. The first kappa shape index (κ1) is 16.8. The Bertz CT molecular complexity index is 1080. The van der Waals surface area contributed by atoms with E-state index in [4.69, 9.17) is 4.42 Å². The van der Waals surface area contributed by atoms with E-state index in [1.807, 2.05) is 13.0 Å². The van der Waals surface area contributed by atoms with Gasteiger partial charge in [0.25, 0.3) is 5.91 Å². The highest BCUT2D eigenvalue weighted by Gasteiger charge is 2.24. The zero-order valence-electron chi connectivity index (χ0n) is 14.0. The number of thioether (sulfide) groups is 1. The summed E-state index contributed by atoms with van der Waals surface area (Å²) in [6.07, 6.45) is 0.684. The fourth-order valence-electron chi connectivity index (χ4n) is 3.13. The molecule has 0 spiro atoms. The molecule has 1 N–H and O–H groups in total. The summed E-state index contributed by atoms with van der Waals surface area (Å²) in [6.45, 7) is 1.89. The van der Waals surface area contributed by atoms with Gasteiger partial charge in [0.05, 0.1) is 11.4 Å². The lowest BCUT2D eigenvalue weighted by Gasteiger charge is -2.25. The fourth-order valence-corrected chi connectivity index (χ4v) is 4.23. The largest absolute Gasteiger partial charge is 0.451 e. The minimum absolute atomic E-state index is 0.0393. The highest BCUT2D eigenvalue weighted by molar-refractivity contribution is 7.99. The van der Waals surface area contributed by atoms with E-state index in [0.29, 0.717) is 17.4 Å². The van der Waals surface area contributed by atoms with Crippen molar-refractivity contribution in [3.05, 3.63) is 75.4 Å². The normalized spacial score (nSPS) is 16.3. The monoisotopic (exact) mass is 369 g/mol. The van der Waals surface area contributed by atoms with E-state index in [2.05, 4.69) is 5.32 Å². The van der Waals surface area contributed by atoms with Gasteiger partial charge in [-0.15, -0.1) is 11.8 Å². The maximum atomic E-state index is 13.6. The zero-order valence-corrected chi connectivity index (χ0v) is 14.9. The van der Waals surface area contributed by atoms with Gasteiger partial charge in [-0.05, 0) is 49.2 Å². The van der Waals surface area contributed by atoms with Crippen molar-refractivity contribution in [2.24, 2.45) is 0 Å². The summed E-state index contributed by atoms with van der Waals surface area (Å²) < 4.78 is 19.2. The molecule has 0 fully saturated rings. The molecule has 0 radical (unpaired) electrons. The molecular formula is C20H16FNO3S. The highest BCUT2D eigenvalue weighted by Crippen LogP contribution is 2.36. The molecule has 4 rings (SSSR count). The molecule has 3 aromatic rings. The fraction of sp³-hybridized carbons (Fsp3) is 0.200. The molecular weight excluding hydrogens is 353 g/mol. The molecule has 4 nitrogen and oxygen atoms in total. The van der Waals surface area contributed by atoms with Crippen molar-refractivity contribution in [1.82, 2.24) is 5.32 Å². The lowest BCUT2D eigenvalue weighted by Crippen LogP contribution is -2.31. The summed E-state index contributed by atoms with van der Waals surface area (Å²) in [4.78, 5) is 25.9. The number of halogens is 1. The van der Waals surface area contributed by atoms with E-state index in [0.717, 1.165) is 21.8 Å². The average Bonchev–Trinajstić information content (AvgIpc) is 2.62. The van der Waals surface area contributed by atoms with Crippen LogP contribution in [0.2, 0.25) is 0 Å². The number of hydrogen-bond donors (Lipinski definition) is 1. The Morgan fingerprint density at radius 1 is 1.23 bits per heavy atom. The lowest BCUT2D eigenvalue weighted by molar-refractivity contribution is 0.0907. The van der Waals surface area contributed by atoms with Gasteiger partial charge in [-0.1, -0.05) is 11.6 Å². The van der Waals surface area contributed by atoms with Crippen LogP contribution >= 0.6 is 11.8 Å². The molecule has 2 aromatic carbocycles. The molecule has 1 aromatic heterocycles. The van der Waals surface area contributed by atoms with E-state index >= 15 is 0 Å². The number of fused-ring (bicyclic) bond motifs is 2. The van der Waals surface area contributed by atoms with Crippen LogP contribution in [0.25, 0.3) is 11.0 Å². The third-order valence-corrected chi connectivity index (χ3v) is 5.55. The first-order valence-corrected chi connectivity index (χ1v) is 9.27. The molecule has 0 saturated heterocycles. The highest BCUT2D eigenvalue weighted by atomic mass is 32.2. The topological polar surface area (TPSA) is 59.3 Å². The minimum atomic E-state index is -0.475. The number of hydrogen-bond acceptors (Lipinski definition) is 4. The standard InChI is InChI=1S/C20H16FNO3S/c1-11-2-4-17-14(8-11)16(23)10-18(25-17)20(24)22-15-6-7-26-19-5-3-12(21)9-13(15)19/h2-5,8-10,15H,6-7H2,1H3,(H,22,24)/t15-/m1/s1. The molecule has 0 bridgehead atoms. The van der Waals surface area contributed by atoms with Crippen molar-refractivity contribution in [3.63, 3.8) is 0 Å². The second-order valence-corrected chi connectivity index (χ2v) is 7.46. The molecule has 1 aliphatic heterocycles. The number of carbonyl (C=O) groups excluding carboxylic acids is 1. The van der Waals surface area contributed by atoms with Gasteiger partial charge in [0.2, 0.25) is 0 Å². The van der Waals surface area contributed by atoms with Crippen LogP contribution in [0.15, 0.2) is 56.6 Å². The summed E-state index contributed by atoms with van der Waals surface area (Å²) in [6, 6.07) is 10.7. The molecule has 0 unspecified atom stereocenters. The van der Waals surface area contributed by atoms with Gasteiger partial charge in [-0.3, -0.25) is 9.59 Å². The number of amides is 1. The third-order valence-electron chi connectivity index (χ3n) is 4.42. The Morgan fingerprint density at radius 3 is 2.92 bits per heavy atom. The molecule has 1 atom stereocenters. The van der Waals surface area contributed by atoms with Crippen LogP contribution in [0.1, 0.15) is 34.1 Å². The van der Waals surface area contributed by atoms with E-state index in [9.17, 15) is 14.0 Å². The molecule has 1 amide bonds. The predicted octanol–water partition coefficient (Wildman–Crippen LogP) is 4.21. The van der Waals surface area contributed by atoms with Crippen molar-refractivity contribution in [1.29, 1.82) is 0 Å². The van der Waals surface area contributed by atoms with Gasteiger partial charge in [0.1, 0.15) is 11.4 Å². The number of benzene rings is 2. The second kappa shape index (κ2) is 6.61. The summed E-state index contributed by atoms with van der Waals surface area (Å²) in [7, 11) is 0. The number of carbonyl (C=O) groups is 1. The van der Waals surface area contributed by atoms with E-state index in [1.165, 1.54) is 18.2 Å². The predicted molar refractivity (Wildman–Crippen MR) is 99.2 cm³/mol. The van der Waals surface area contributed by atoms with Crippen LogP contribution in [0.5, 0.6) is 0 Å². The molecule has 132 valence electrons. The third kappa shape index (κ3) is 3.12. The summed E-state index contributed by atoms with van der Waals surface area (Å²) in [5.41, 5.74) is 1.82. The van der Waals surface area contributed by atoms with Gasteiger partial charge in [-0.2, -0.15) is 0 Å². The van der Waals surface area contributed by atoms with Crippen LogP contribution in [-0.4, -0.2) is 11.7 Å². The van der Waals surface area contributed by atoms with Gasteiger partial charge in [0.15, 0.2) is 11.2 Å². The summed E-state index contributed by atoms with van der Waals surface area (Å²) in [5.74, 6) is -0.0258. The van der Waals surface area contributed by atoms with Gasteiger partial charge in [0, 0.05) is 16.7 Å². The molecule has 1 aliphatic rings. The van der Waals surface area contributed by atoms with Crippen molar-refractivity contribution < 1.29 is 13.6 Å². The average molecular weight is 369 g/mol. The Balaban J connectivity index is 1.66. The van der Waals surface area contributed by atoms with Crippen molar-refractivity contribution in [2.75, 3.05) is 5.75 Å². The second-order valence-electron chi connectivity index (χ2n) is 6.32. The van der Waals surface area contributed by atoms with Crippen LogP contribution in [-0.2, 0) is 0 Å². The van der Waals surface area contributed by atoms with E-state index < -0.39 is 5.91 Å². The van der Waals surface area contributed by atoms with Crippen molar-refractivity contribution >= 4 is 28.6 Å². The zero-order chi connectivity index (χ0) is 18.3. The number of rotatable bonds is 2. The summed E-state index contributed by atoms with van der Waals surface area (Å²) in [5, 5.41) is 3.32. The van der Waals surface area contributed by atoms with Crippen molar-refractivity contribution in [2.45, 2.75) is 24.3 Å². The maximum Gasteiger partial charge on any atom is 0.287 e. The van der Waals surface area contributed by atoms with Gasteiger partial charge in [-0.25, -0.2) is 4.39 Å². The molecule has 26 heavy (non-hydrogen) atoms. The van der Waals surface area contributed by atoms with Crippen LogP contribution in [0.4, 0.5) is 4.39 Å². The Morgan fingerprint density at radius 2 is 2.08 bits per heavy atom. The number of nitrogens with one attached hydrogen (secondary N) is 1. The quantitative estimate of drug-likeness (QED) is 0.735.